The first-order valence-electron chi connectivity index (χ1n) is 11.0. The maximum atomic E-state index is 13.4. The highest BCUT2D eigenvalue weighted by molar-refractivity contribution is 7.10. The van der Waals surface area contributed by atoms with Crippen LogP contribution in [0, 0.1) is 12.8 Å². The van der Waals surface area contributed by atoms with Crippen LogP contribution in [0.1, 0.15) is 47.7 Å². The van der Waals surface area contributed by atoms with Gasteiger partial charge in [0.25, 0.3) is 0 Å². The lowest BCUT2D eigenvalue weighted by Gasteiger charge is -2.37. The van der Waals surface area contributed by atoms with E-state index in [2.05, 4.69) is 18.4 Å². The second kappa shape index (κ2) is 8.06. The van der Waals surface area contributed by atoms with Crippen LogP contribution in [0.5, 0.6) is 5.75 Å². The van der Waals surface area contributed by atoms with Crippen LogP contribution in [0.15, 0.2) is 35.7 Å². The van der Waals surface area contributed by atoms with Gasteiger partial charge in [-0.15, -0.1) is 11.3 Å². The number of amides is 2. The molecule has 5 rings (SSSR count). The van der Waals surface area contributed by atoms with Gasteiger partial charge in [-0.05, 0) is 68.2 Å². The molecule has 1 aromatic heterocycles. The topological polar surface area (TPSA) is 49.9 Å². The fourth-order valence-corrected chi connectivity index (χ4v) is 5.19. The van der Waals surface area contributed by atoms with Crippen molar-refractivity contribution in [2.45, 2.75) is 51.1 Å². The molecule has 6 heteroatoms. The van der Waals surface area contributed by atoms with Gasteiger partial charge in [0, 0.05) is 23.4 Å². The lowest BCUT2D eigenvalue weighted by Crippen LogP contribution is -2.48. The zero-order valence-electron chi connectivity index (χ0n) is 17.4. The molecule has 0 radical (unpaired) electrons. The lowest BCUT2D eigenvalue weighted by atomic mass is 10.0. The first-order chi connectivity index (χ1) is 14.6. The molecule has 0 unspecified atom stereocenters. The zero-order valence-corrected chi connectivity index (χ0v) is 18.2. The number of hydrogen-bond acceptors (Lipinski definition) is 4. The Morgan fingerprint density at radius 1 is 1.13 bits per heavy atom. The molecule has 0 spiro atoms. The minimum absolute atomic E-state index is 0.0465. The molecule has 1 atom stereocenters. The standard InChI is InChI=1S/C24H28N2O3S/c1-16-2-8-19(9-3-16)29-15-21-20-11-13-30-22(20)10-12-25(21)23(27)14-26(18-6-7-18)24(28)17-4-5-17/h2-3,8-9,11,13,17-18,21H,4-7,10,12,14-15H2,1H3/t21-/m0/s1. The molecule has 2 amide bonds. The van der Waals surface area contributed by atoms with Gasteiger partial charge in [0.15, 0.2) is 0 Å². The van der Waals surface area contributed by atoms with Crippen molar-refractivity contribution in [1.29, 1.82) is 0 Å². The van der Waals surface area contributed by atoms with Crippen molar-refractivity contribution < 1.29 is 14.3 Å². The van der Waals surface area contributed by atoms with Crippen LogP contribution >= 0.6 is 11.3 Å². The number of benzene rings is 1. The van der Waals surface area contributed by atoms with E-state index in [1.54, 1.807) is 11.3 Å². The number of hydrogen-bond donors (Lipinski definition) is 0. The Morgan fingerprint density at radius 3 is 2.60 bits per heavy atom. The normalized spacial score (nSPS) is 20.6. The number of thiophene rings is 1. The van der Waals surface area contributed by atoms with E-state index >= 15 is 0 Å². The molecule has 2 fully saturated rings. The Morgan fingerprint density at radius 2 is 1.90 bits per heavy atom. The van der Waals surface area contributed by atoms with Crippen molar-refractivity contribution in [1.82, 2.24) is 9.80 Å². The van der Waals surface area contributed by atoms with Crippen LogP contribution in [0.4, 0.5) is 0 Å². The van der Waals surface area contributed by atoms with Crippen LogP contribution in [0.3, 0.4) is 0 Å². The molecule has 0 saturated heterocycles. The molecule has 0 N–H and O–H groups in total. The van der Waals surface area contributed by atoms with Crippen molar-refractivity contribution in [3.8, 4) is 5.75 Å². The van der Waals surface area contributed by atoms with Gasteiger partial charge in [0.2, 0.25) is 11.8 Å². The fourth-order valence-electron chi connectivity index (χ4n) is 4.26. The van der Waals surface area contributed by atoms with Crippen LogP contribution in [-0.2, 0) is 16.0 Å². The Kier molecular flexibility index (Phi) is 5.27. The van der Waals surface area contributed by atoms with Gasteiger partial charge in [0.05, 0.1) is 6.04 Å². The predicted molar refractivity (Wildman–Crippen MR) is 117 cm³/mol. The maximum absolute atomic E-state index is 13.4. The van der Waals surface area contributed by atoms with E-state index in [1.807, 2.05) is 34.1 Å². The van der Waals surface area contributed by atoms with E-state index < -0.39 is 0 Å². The van der Waals surface area contributed by atoms with Gasteiger partial charge < -0.3 is 14.5 Å². The highest BCUT2D eigenvalue weighted by Crippen LogP contribution is 2.37. The Hall–Kier alpha value is -2.34. The summed E-state index contributed by atoms with van der Waals surface area (Å²) in [5.41, 5.74) is 2.38. The molecule has 3 aliphatic rings. The number of rotatable bonds is 7. The summed E-state index contributed by atoms with van der Waals surface area (Å²) in [5.74, 6) is 1.21. The number of nitrogens with zero attached hydrogens (tertiary/aromatic N) is 2. The van der Waals surface area contributed by atoms with Crippen molar-refractivity contribution in [2.24, 2.45) is 5.92 Å². The molecule has 0 bridgehead atoms. The smallest absolute Gasteiger partial charge is 0.242 e. The average Bonchev–Trinajstić information content (AvgIpc) is 3.68. The molecule has 2 saturated carbocycles. The number of aryl methyl sites for hydroxylation is 1. The number of fused-ring (bicyclic) bond motifs is 1. The number of carbonyl (C=O) groups excluding carboxylic acids is 2. The predicted octanol–water partition coefficient (Wildman–Crippen LogP) is 3.96. The Bertz CT molecular complexity index is 930. The third-order valence-electron chi connectivity index (χ3n) is 6.35. The Labute approximate surface area is 181 Å². The van der Waals surface area contributed by atoms with E-state index in [1.165, 1.54) is 16.0 Å². The molecule has 30 heavy (non-hydrogen) atoms. The molecular formula is C24H28N2O3S. The van der Waals surface area contributed by atoms with Crippen LogP contribution in [0.25, 0.3) is 0 Å². The van der Waals surface area contributed by atoms with E-state index in [4.69, 9.17) is 4.74 Å². The van der Waals surface area contributed by atoms with Crippen LogP contribution in [-0.4, -0.2) is 47.4 Å². The monoisotopic (exact) mass is 424 g/mol. The van der Waals surface area contributed by atoms with E-state index in [0.717, 1.165) is 37.9 Å². The summed E-state index contributed by atoms with van der Waals surface area (Å²) in [4.78, 5) is 31.2. The van der Waals surface area contributed by atoms with Gasteiger partial charge in [-0.2, -0.15) is 0 Å². The van der Waals surface area contributed by atoms with Gasteiger partial charge in [0.1, 0.15) is 18.9 Å². The highest BCUT2D eigenvalue weighted by Gasteiger charge is 2.42. The summed E-state index contributed by atoms with van der Waals surface area (Å²) >= 11 is 1.75. The SMILES string of the molecule is Cc1ccc(OC[C@H]2c3ccsc3CCN2C(=O)CN(C(=O)C2CC2)C2CC2)cc1. The summed E-state index contributed by atoms with van der Waals surface area (Å²) in [6.45, 7) is 3.38. The first-order valence-corrected chi connectivity index (χ1v) is 11.8. The fraction of sp³-hybridized carbons (Fsp3) is 0.500. The molecule has 2 aromatic rings. The minimum Gasteiger partial charge on any atom is -0.491 e. The molecule has 2 heterocycles. The summed E-state index contributed by atoms with van der Waals surface area (Å²) in [6, 6.07) is 10.3. The van der Waals surface area contributed by atoms with E-state index in [-0.39, 0.29) is 36.4 Å². The second-order valence-corrected chi connectivity index (χ2v) is 9.75. The van der Waals surface area contributed by atoms with E-state index in [0.29, 0.717) is 13.2 Å². The van der Waals surface area contributed by atoms with Crippen molar-refractivity contribution in [2.75, 3.05) is 19.7 Å². The molecule has 2 aliphatic carbocycles. The molecule has 5 nitrogen and oxygen atoms in total. The van der Waals surface area contributed by atoms with Crippen LogP contribution < -0.4 is 4.74 Å². The largest absolute Gasteiger partial charge is 0.491 e. The van der Waals surface area contributed by atoms with Gasteiger partial charge >= 0.3 is 0 Å². The quantitative estimate of drug-likeness (QED) is 0.676. The number of carbonyl (C=O) groups is 2. The summed E-state index contributed by atoms with van der Waals surface area (Å²) in [5, 5.41) is 2.10. The van der Waals surface area contributed by atoms with Crippen molar-refractivity contribution in [3.63, 3.8) is 0 Å². The summed E-state index contributed by atoms with van der Waals surface area (Å²) in [7, 11) is 0. The van der Waals surface area contributed by atoms with Gasteiger partial charge in [-0.3, -0.25) is 9.59 Å². The minimum atomic E-state index is -0.106. The third-order valence-corrected chi connectivity index (χ3v) is 7.34. The zero-order chi connectivity index (χ0) is 20.7. The first kappa shape index (κ1) is 19.6. The van der Waals surface area contributed by atoms with Gasteiger partial charge in [-0.1, -0.05) is 17.7 Å². The average molecular weight is 425 g/mol. The molecular weight excluding hydrogens is 396 g/mol. The molecule has 1 aromatic carbocycles. The summed E-state index contributed by atoms with van der Waals surface area (Å²) in [6.07, 6.45) is 4.89. The van der Waals surface area contributed by atoms with Crippen LogP contribution in [0.2, 0.25) is 0 Å². The summed E-state index contributed by atoms with van der Waals surface area (Å²) < 4.78 is 6.10. The van der Waals surface area contributed by atoms with Crippen molar-refractivity contribution >= 4 is 23.2 Å². The van der Waals surface area contributed by atoms with Crippen molar-refractivity contribution in [3.05, 3.63) is 51.7 Å². The third kappa shape index (κ3) is 4.10. The Balaban J connectivity index is 1.32. The van der Waals surface area contributed by atoms with Gasteiger partial charge in [-0.25, -0.2) is 0 Å². The second-order valence-electron chi connectivity index (χ2n) is 8.75. The molecule has 158 valence electrons. The lowest BCUT2D eigenvalue weighted by molar-refractivity contribution is -0.143. The highest BCUT2D eigenvalue weighted by atomic mass is 32.1. The van der Waals surface area contributed by atoms with E-state index in [9.17, 15) is 9.59 Å². The maximum Gasteiger partial charge on any atom is 0.242 e. The number of ether oxygens (including phenoxy) is 1. The molecule has 1 aliphatic heterocycles.